The summed E-state index contributed by atoms with van der Waals surface area (Å²) >= 11 is 0. The van der Waals surface area contributed by atoms with E-state index >= 15 is 0 Å². The lowest BCUT2D eigenvalue weighted by molar-refractivity contribution is 0.0905. The van der Waals surface area contributed by atoms with Gasteiger partial charge in [-0.3, -0.25) is 0 Å². The maximum absolute atomic E-state index is 9.19. The van der Waals surface area contributed by atoms with E-state index in [1.165, 1.54) is 45.2 Å². The number of nitrogens with zero attached hydrogens (tertiary/aromatic N) is 3. The van der Waals surface area contributed by atoms with Crippen molar-refractivity contribution in [2.45, 2.75) is 57.5 Å². The Balaban J connectivity index is 1.69. The average molecular weight is 278 g/mol. The molecule has 0 aromatic carbocycles. The number of rotatable bonds is 6. The second kappa shape index (κ2) is 8.61. The van der Waals surface area contributed by atoms with Crippen molar-refractivity contribution >= 4 is 0 Å². The average Bonchev–Trinajstić information content (AvgIpc) is 2.53. The molecule has 2 rings (SSSR count). The van der Waals surface area contributed by atoms with Crippen molar-refractivity contribution in [2.24, 2.45) is 0 Å². The van der Waals surface area contributed by atoms with Crippen LogP contribution in [0.3, 0.4) is 0 Å². The zero-order valence-electron chi connectivity index (χ0n) is 13.0. The van der Waals surface area contributed by atoms with E-state index < -0.39 is 0 Å². The van der Waals surface area contributed by atoms with Crippen LogP contribution in [0.5, 0.6) is 0 Å². The molecule has 2 heterocycles. The Morgan fingerprint density at radius 3 is 2.45 bits per heavy atom. The molecule has 0 spiro atoms. The Labute approximate surface area is 124 Å². The molecule has 2 saturated heterocycles. The van der Waals surface area contributed by atoms with Crippen molar-refractivity contribution in [3.8, 4) is 6.07 Å². The Morgan fingerprint density at radius 2 is 1.85 bits per heavy atom. The van der Waals surface area contributed by atoms with Gasteiger partial charge in [0.25, 0.3) is 0 Å². The zero-order valence-corrected chi connectivity index (χ0v) is 13.0. The van der Waals surface area contributed by atoms with Gasteiger partial charge < -0.3 is 15.1 Å². The van der Waals surface area contributed by atoms with Gasteiger partial charge in [-0.15, -0.1) is 0 Å². The van der Waals surface area contributed by atoms with Crippen LogP contribution in [0.25, 0.3) is 0 Å². The molecule has 0 radical (unpaired) electrons. The molecule has 2 aliphatic rings. The topological polar surface area (TPSA) is 42.3 Å². The predicted octanol–water partition coefficient (Wildman–Crippen LogP) is 1.83. The summed E-state index contributed by atoms with van der Waals surface area (Å²) in [7, 11) is 0. The molecule has 0 aromatic heterocycles. The van der Waals surface area contributed by atoms with Crippen LogP contribution >= 0.6 is 0 Å². The highest BCUT2D eigenvalue weighted by Gasteiger charge is 2.26. The molecule has 0 amide bonds. The van der Waals surface area contributed by atoms with E-state index in [-0.39, 0.29) is 6.04 Å². The first-order valence-electron chi connectivity index (χ1n) is 8.43. The van der Waals surface area contributed by atoms with Crippen LogP contribution in [0.4, 0.5) is 0 Å². The fraction of sp³-hybridized carbons (Fsp3) is 0.938. The maximum Gasteiger partial charge on any atom is 0.108 e. The molecule has 0 aromatic rings. The SMILES string of the molecule is CCCNC(C#N)CN1CCC(N2CCCCC2)CC1. The molecule has 0 aliphatic carbocycles. The van der Waals surface area contributed by atoms with Gasteiger partial charge >= 0.3 is 0 Å². The molecule has 2 fully saturated rings. The summed E-state index contributed by atoms with van der Waals surface area (Å²) in [6.07, 6.45) is 7.85. The first-order chi connectivity index (χ1) is 9.83. The van der Waals surface area contributed by atoms with Crippen LogP contribution in [0.1, 0.15) is 45.4 Å². The quantitative estimate of drug-likeness (QED) is 0.805. The molecule has 4 heteroatoms. The highest BCUT2D eigenvalue weighted by atomic mass is 15.2. The number of hydrogen-bond acceptors (Lipinski definition) is 4. The van der Waals surface area contributed by atoms with Crippen molar-refractivity contribution in [2.75, 3.05) is 39.3 Å². The third-order valence-corrected chi connectivity index (χ3v) is 4.70. The molecule has 0 bridgehead atoms. The molecule has 2 aliphatic heterocycles. The van der Waals surface area contributed by atoms with Crippen LogP contribution in [0.2, 0.25) is 0 Å². The third kappa shape index (κ3) is 4.73. The van der Waals surface area contributed by atoms with Crippen LogP contribution in [-0.4, -0.2) is 61.2 Å². The number of nitriles is 1. The van der Waals surface area contributed by atoms with Crippen LogP contribution in [0, 0.1) is 11.3 Å². The highest BCUT2D eigenvalue weighted by molar-refractivity contribution is 4.93. The monoisotopic (exact) mass is 278 g/mol. The lowest BCUT2D eigenvalue weighted by Gasteiger charge is -2.40. The Bertz CT molecular complexity index is 298. The van der Waals surface area contributed by atoms with Crippen LogP contribution < -0.4 is 5.32 Å². The van der Waals surface area contributed by atoms with Gasteiger partial charge in [-0.05, 0) is 64.8 Å². The van der Waals surface area contributed by atoms with E-state index in [9.17, 15) is 5.26 Å². The zero-order chi connectivity index (χ0) is 14.2. The van der Waals surface area contributed by atoms with Crippen molar-refractivity contribution in [1.29, 1.82) is 5.26 Å². The molecule has 0 saturated carbocycles. The van der Waals surface area contributed by atoms with Crippen molar-refractivity contribution < 1.29 is 0 Å². The third-order valence-electron chi connectivity index (χ3n) is 4.70. The van der Waals surface area contributed by atoms with Gasteiger partial charge in [-0.25, -0.2) is 0 Å². The van der Waals surface area contributed by atoms with E-state index in [2.05, 4.69) is 28.1 Å². The summed E-state index contributed by atoms with van der Waals surface area (Å²) < 4.78 is 0. The Morgan fingerprint density at radius 1 is 1.15 bits per heavy atom. The summed E-state index contributed by atoms with van der Waals surface area (Å²) in [5.74, 6) is 0. The molecular formula is C16H30N4. The van der Waals surface area contributed by atoms with E-state index in [0.717, 1.165) is 38.6 Å². The molecule has 1 unspecified atom stereocenters. The Hall–Kier alpha value is -0.630. The van der Waals surface area contributed by atoms with Crippen molar-refractivity contribution in [1.82, 2.24) is 15.1 Å². The van der Waals surface area contributed by atoms with E-state index in [4.69, 9.17) is 0 Å². The summed E-state index contributed by atoms with van der Waals surface area (Å²) in [6, 6.07) is 3.20. The summed E-state index contributed by atoms with van der Waals surface area (Å²) in [5.41, 5.74) is 0. The minimum Gasteiger partial charge on any atom is -0.301 e. The van der Waals surface area contributed by atoms with Crippen LogP contribution in [0.15, 0.2) is 0 Å². The summed E-state index contributed by atoms with van der Waals surface area (Å²) in [6.45, 7) is 8.92. The summed E-state index contributed by atoms with van der Waals surface area (Å²) in [5, 5.41) is 12.5. The summed E-state index contributed by atoms with van der Waals surface area (Å²) in [4.78, 5) is 5.18. The number of likely N-dealkylation sites (tertiary alicyclic amines) is 2. The van der Waals surface area contributed by atoms with Crippen LogP contribution in [-0.2, 0) is 0 Å². The molecule has 1 N–H and O–H groups in total. The smallest absolute Gasteiger partial charge is 0.108 e. The van der Waals surface area contributed by atoms with Gasteiger partial charge in [0.05, 0.1) is 6.07 Å². The van der Waals surface area contributed by atoms with Crippen molar-refractivity contribution in [3.63, 3.8) is 0 Å². The van der Waals surface area contributed by atoms with E-state index in [1.807, 2.05) is 0 Å². The number of piperidine rings is 2. The number of nitrogens with one attached hydrogen (secondary N) is 1. The molecule has 1 atom stereocenters. The van der Waals surface area contributed by atoms with Gasteiger partial charge in [-0.2, -0.15) is 5.26 Å². The first-order valence-corrected chi connectivity index (χ1v) is 8.43. The van der Waals surface area contributed by atoms with Gasteiger partial charge in [0.15, 0.2) is 0 Å². The maximum atomic E-state index is 9.19. The molecule has 114 valence electrons. The van der Waals surface area contributed by atoms with E-state index in [0.29, 0.717) is 0 Å². The Kier molecular flexibility index (Phi) is 6.78. The second-order valence-electron chi connectivity index (χ2n) is 6.26. The highest BCUT2D eigenvalue weighted by Crippen LogP contribution is 2.20. The molecule has 20 heavy (non-hydrogen) atoms. The fourth-order valence-electron chi connectivity index (χ4n) is 3.48. The van der Waals surface area contributed by atoms with Gasteiger partial charge in [0.1, 0.15) is 6.04 Å². The second-order valence-corrected chi connectivity index (χ2v) is 6.26. The molecule has 4 nitrogen and oxygen atoms in total. The molecular weight excluding hydrogens is 248 g/mol. The lowest BCUT2D eigenvalue weighted by Crippen LogP contribution is -2.49. The van der Waals surface area contributed by atoms with Gasteiger partial charge in [0.2, 0.25) is 0 Å². The number of hydrogen-bond donors (Lipinski definition) is 1. The van der Waals surface area contributed by atoms with E-state index in [1.54, 1.807) is 0 Å². The van der Waals surface area contributed by atoms with Crippen molar-refractivity contribution in [3.05, 3.63) is 0 Å². The van der Waals surface area contributed by atoms with Gasteiger partial charge in [0, 0.05) is 12.6 Å². The first kappa shape index (κ1) is 15.8. The largest absolute Gasteiger partial charge is 0.301 e. The van der Waals surface area contributed by atoms with Gasteiger partial charge in [-0.1, -0.05) is 13.3 Å². The standard InChI is InChI=1S/C16H30N4/c1-2-8-18-15(13-17)14-19-11-6-16(7-12-19)20-9-4-3-5-10-20/h15-16,18H,2-12,14H2,1H3. The normalized spacial score (nSPS) is 24.4. The lowest BCUT2D eigenvalue weighted by atomic mass is 9.99. The predicted molar refractivity (Wildman–Crippen MR) is 82.6 cm³/mol. The minimum absolute atomic E-state index is 0.00138. The minimum atomic E-state index is 0.00138. The fourth-order valence-corrected chi connectivity index (χ4v) is 3.48.